The number of carboxylic acid groups (broad SMARTS) is 1. The molecular weight excluding hydrogens is 280 g/mol. The third-order valence-corrected chi connectivity index (χ3v) is 4.28. The van der Waals surface area contributed by atoms with Crippen LogP contribution >= 0.6 is 22.9 Å². The minimum Gasteiger partial charge on any atom is -0.481 e. The molecule has 2 aromatic rings. The molecule has 2 nitrogen and oxygen atoms in total. The highest BCUT2D eigenvalue weighted by molar-refractivity contribution is 7.16. The van der Waals surface area contributed by atoms with Crippen molar-refractivity contribution >= 4 is 28.9 Å². The maximum absolute atomic E-state index is 11.4. The molecule has 1 N–H and O–H groups in total. The fourth-order valence-corrected chi connectivity index (χ4v) is 3.13. The summed E-state index contributed by atoms with van der Waals surface area (Å²) < 4.78 is 0.703. The lowest BCUT2D eigenvalue weighted by Gasteiger charge is -2.11. The van der Waals surface area contributed by atoms with E-state index >= 15 is 0 Å². The molecule has 0 aliphatic carbocycles. The van der Waals surface area contributed by atoms with E-state index in [2.05, 4.69) is 0 Å². The van der Waals surface area contributed by atoms with Crippen molar-refractivity contribution in [2.24, 2.45) is 5.92 Å². The summed E-state index contributed by atoms with van der Waals surface area (Å²) in [7, 11) is 0. The monoisotopic (exact) mass is 294 g/mol. The van der Waals surface area contributed by atoms with Gasteiger partial charge in [0.15, 0.2) is 0 Å². The van der Waals surface area contributed by atoms with Gasteiger partial charge in [-0.25, -0.2) is 0 Å². The molecule has 4 heteroatoms. The van der Waals surface area contributed by atoms with E-state index < -0.39 is 11.9 Å². The second-order valence-electron chi connectivity index (χ2n) is 4.63. The number of carboxylic acids is 1. The van der Waals surface area contributed by atoms with Gasteiger partial charge in [-0.2, -0.15) is 0 Å². The van der Waals surface area contributed by atoms with Crippen LogP contribution in [0.1, 0.15) is 16.0 Å². The van der Waals surface area contributed by atoms with Crippen molar-refractivity contribution in [3.63, 3.8) is 0 Å². The van der Waals surface area contributed by atoms with E-state index in [1.54, 1.807) is 0 Å². The average molecular weight is 295 g/mol. The van der Waals surface area contributed by atoms with Crippen molar-refractivity contribution in [1.82, 2.24) is 0 Å². The molecule has 1 aromatic heterocycles. The van der Waals surface area contributed by atoms with Crippen molar-refractivity contribution in [2.75, 3.05) is 0 Å². The van der Waals surface area contributed by atoms with Crippen molar-refractivity contribution in [2.45, 2.75) is 19.8 Å². The quantitative estimate of drug-likeness (QED) is 0.897. The second kappa shape index (κ2) is 6.22. The van der Waals surface area contributed by atoms with Crippen LogP contribution in [0.25, 0.3) is 0 Å². The molecule has 2 rings (SSSR count). The maximum atomic E-state index is 11.4. The summed E-state index contributed by atoms with van der Waals surface area (Å²) in [4.78, 5) is 12.4. The third-order valence-electron chi connectivity index (χ3n) is 3.03. The molecule has 19 heavy (non-hydrogen) atoms. The summed E-state index contributed by atoms with van der Waals surface area (Å²) in [5.41, 5.74) is 2.24. The van der Waals surface area contributed by atoms with Gasteiger partial charge in [-0.3, -0.25) is 4.79 Å². The normalized spacial score (nSPS) is 12.3. The smallest absolute Gasteiger partial charge is 0.307 e. The molecule has 0 spiro atoms. The van der Waals surface area contributed by atoms with Gasteiger partial charge in [0.1, 0.15) is 0 Å². The van der Waals surface area contributed by atoms with E-state index in [1.165, 1.54) is 16.9 Å². The Bertz CT molecular complexity index is 560. The van der Waals surface area contributed by atoms with Crippen LogP contribution in [-0.2, 0) is 17.6 Å². The molecule has 0 aliphatic heterocycles. The Morgan fingerprint density at radius 3 is 2.42 bits per heavy atom. The first kappa shape index (κ1) is 14.1. The molecule has 1 aromatic carbocycles. The Kier molecular flexibility index (Phi) is 4.61. The van der Waals surface area contributed by atoms with Crippen molar-refractivity contribution < 1.29 is 9.90 Å². The molecule has 1 unspecified atom stereocenters. The summed E-state index contributed by atoms with van der Waals surface area (Å²) in [6.45, 7) is 2.02. The van der Waals surface area contributed by atoms with Crippen molar-refractivity contribution in [1.29, 1.82) is 0 Å². The van der Waals surface area contributed by atoms with Crippen LogP contribution in [0.4, 0.5) is 0 Å². The molecule has 0 saturated heterocycles. The van der Waals surface area contributed by atoms with E-state index in [9.17, 15) is 9.90 Å². The number of aliphatic carboxylic acids is 1. The summed E-state index contributed by atoms with van der Waals surface area (Å²) in [5, 5.41) is 9.33. The van der Waals surface area contributed by atoms with Crippen LogP contribution < -0.4 is 0 Å². The lowest BCUT2D eigenvalue weighted by atomic mass is 9.95. The molecule has 0 amide bonds. The van der Waals surface area contributed by atoms with Gasteiger partial charge in [-0.15, -0.1) is 11.3 Å². The van der Waals surface area contributed by atoms with Crippen molar-refractivity contribution in [3.8, 4) is 0 Å². The number of hydrogen-bond donors (Lipinski definition) is 1. The lowest BCUT2D eigenvalue weighted by molar-refractivity contribution is -0.141. The summed E-state index contributed by atoms with van der Waals surface area (Å²) in [5.74, 6) is -1.16. The van der Waals surface area contributed by atoms with Crippen LogP contribution in [-0.4, -0.2) is 11.1 Å². The molecule has 1 heterocycles. The third kappa shape index (κ3) is 4.08. The minimum atomic E-state index is -0.759. The molecule has 0 aliphatic rings. The summed E-state index contributed by atoms with van der Waals surface area (Å²) in [6, 6.07) is 11.7. The number of benzene rings is 1. The Morgan fingerprint density at radius 2 is 1.89 bits per heavy atom. The SMILES string of the molecule is Cc1ccc(CC(Cc2ccc(Cl)s2)C(=O)O)cc1. The standard InChI is InChI=1S/C15H15ClO2S/c1-10-2-4-11(5-3-10)8-12(15(17)18)9-13-6-7-14(16)19-13/h2-7,12H,8-9H2,1H3,(H,17,18). The fraction of sp³-hybridized carbons (Fsp3) is 0.267. The minimum absolute atomic E-state index is 0.405. The summed E-state index contributed by atoms with van der Waals surface area (Å²) in [6.07, 6.45) is 1.08. The first-order chi connectivity index (χ1) is 9.04. The number of carbonyl (C=O) groups is 1. The zero-order chi connectivity index (χ0) is 13.8. The van der Waals surface area contributed by atoms with E-state index in [4.69, 9.17) is 11.6 Å². The van der Waals surface area contributed by atoms with Gasteiger partial charge < -0.3 is 5.11 Å². The predicted octanol–water partition coefficient (Wildman–Crippen LogP) is 4.20. The first-order valence-corrected chi connectivity index (χ1v) is 7.26. The molecule has 0 saturated carbocycles. The second-order valence-corrected chi connectivity index (χ2v) is 6.43. The van der Waals surface area contributed by atoms with E-state index in [-0.39, 0.29) is 0 Å². The Balaban J connectivity index is 2.08. The van der Waals surface area contributed by atoms with Gasteiger partial charge in [-0.05, 0) is 37.5 Å². The van der Waals surface area contributed by atoms with Gasteiger partial charge in [-0.1, -0.05) is 41.4 Å². The Morgan fingerprint density at radius 1 is 1.21 bits per heavy atom. The van der Waals surface area contributed by atoms with Crippen LogP contribution in [0, 0.1) is 12.8 Å². The maximum Gasteiger partial charge on any atom is 0.307 e. The zero-order valence-electron chi connectivity index (χ0n) is 10.6. The first-order valence-electron chi connectivity index (χ1n) is 6.07. The predicted molar refractivity (Wildman–Crippen MR) is 79.0 cm³/mol. The van der Waals surface area contributed by atoms with Crippen LogP contribution in [0.15, 0.2) is 36.4 Å². The highest BCUT2D eigenvalue weighted by Gasteiger charge is 2.19. The fourth-order valence-electron chi connectivity index (χ4n) is 1.96. The van der Waals surface area contributed by atoms with Gasteiger partial charge in [0.2, 0.25) is 0 Å². The van der Waals surface area contributed by atoms with E-state index in [1.807, 2.05) is 43.3 Å². The largest absolute Gasteiger partial charge is 0.481 e. The van der Waals surface area contributed by atoms with Gasteiger partial charge >= 0.3 is 5.97 Å². The number of halogens is 1. The van der Waals surface area contributed by atoms with Gasteiger partial charge in [0.25, 0.3) is 0 Å². The Hall–Kier alpha value is -1.32. The number of rotatable bonds is 5. The molecule has 0 fully saturated rings. The highest BCUT2D eigenvalue weighted by atomic mass is 35.5. The number of aryl methyl sites for hydroxylation is 1. The van der Waals surface area contributed by atoms with Crippen LogP contribution in [0.5, 0.6) is 0 Å². The topological polar surface area (TPSA) is 37.3 Å². The van der Waals surface area contributed by atoms with Gasteiger partial charge in [0.05, 0.1) is 10.3 Å². The zero-order valence-corrected chi connectivity index (χ0v) is 12.2. The van der Waals surface area contributed by atoms with Crippen LogP contribution in [0.2, 0.25) is 4.34 Å². The van der Waals surface area contributed by atoms with Crippen LogP contribution in [0.3, 0.4) is 0 Å². The highest BCUT2D eigenvalue weighted by Crippen LogP contribution is 2.25. The molecule has 0 radical (unpaired) electrons. The Labute approximate surface area is 121 Å². The number of hydrogen-bond acceptors (Lipinski definition) is 2. The van der Waals surface area contributed by atoms with Crippen molar-refractivity contribution in [3.05, 3.63) is 56.7 Å². The summed E-state index contributed by atoms with van der Waals surface area (Å²) >= 11 is 7.32. The molecule has 0 bridgehead atoms. The average Bonchev–Trinajstić information content (AvgIpc) is 2.76. The van der Waals surface area contributed by atoms with Gasteiger partial charge in [0, 0.05) is 4.88 Å². The molecular formula is C15H15ClO2S. The molecule has 100 valence electrons. The van der Waals surface area contributed by atoms with E-state index in [0.29, 0.717) is 17.2 Å². The molecule has 1 atom stereocenters. The lowest BCUT2D eigenvalue weighted by Crippen LogP contribution is -2.18. The number of thiophene rings is 1. The van der Waals surface area contributed by atoms with E-state index in [0.717, 1.165) is 10.4 Å².